The van der Waals surface area contributed by atoms with Crippen LogP contribution in [0.3, 0.4) is 0 Å². The fourth-order valence-electron chi connectivity index (χ4n) is 2.61. The van der Waals surface area contributed by atoms with E-state index < -0.39 is 21.7 Å². The number of carbonyl (C=O) groups is 1. The minimum absolute atomic E-state index is 0. The van der Waals surface area contributed by atoms with E-state index in [-0.39, 0.29) is 34.8 Å². The van der Waals surface area contributed by atoms with Crippen LogP contribution in [-0.4, -0.2) is 27.4 Å². The Kier molecular flexibility index (Phi) is 6.97. The molecular weight excluding hydrogens is 412 g/mol. The molecule has 1 aliphatic rings. The molecule has 28 heavy (non-hydrogen) atoms. The minimum atomic E-state index is -4.06. The fraction of sp³-hybridized carbons (Fsp3) is 0.278. The third-order valence-electron chi connectivity index (χ3n) is 4.54. The monoisotopic (exact) mass is 431 g/mol. The number of halogens is 3. The molecular formula is C18H20ClF2N3O3S. The Morgan fingerprint density at radius 1 is 1.07 bits per heavy atom. The van der Waals surface area contributed by atoms with Gasteiger partial charge in [0.2, 0.25) is 5.91 Å². The third kappa shape index (κ3) is 4.98. The Morgan fingerprint density at radius 3 is 2.21 bits per heavy atom. The molecule has 2 aromatic rings. The van der Waals surface area contributed by atoms with Gasteiger partial charge < -0.3 is 10.6 Å². The maximum atomic E-state index is 13.3. The predicted molar refractivity (Wildman–Crippen MR) is 105 cm³/mol. The van der Waals surface area contributed by atoms with E-state index in [1.54, 1.807) is 12.1 Å². The first-order valence-electron chi connectivity index (χ1n) is 8.36. The van der Waals surface area contributed by atoms with Gasteiger partial charge in [0.15, 0.2) is 11.6 Å². The molecule has 6 nitrogen and oxygen atoms in total. The first-order chi connectivity index (χ1) is 12.8. The molecule has 0 spiro atoms. The number of amides is 1. The molecule has 0 aromatic heterocycles. The van der Waals surface area contributed by atoms with Gasteiger partial charge in [-0.15, -0.1) is 12.4 Å². The van der Waals surface area contributed by atoms with Crippen molar-refractivity contribution >= 4 is 39.7 Å². The summed E-state index contributed by atoms with van der Waals surface area (Å²) >= 11 is 0. The highest BCUT2D eigenvalue weighted by atomic mass is 35.5. The second kappa shape index (κ2) is 8.85. The Bertz CT molecular complexity index is 951. The molecule has 3 N–H and O–H groups in total. The van der Waals surface area contributed by atoms with Gasteiger partial charge >= 0.3 is 0 Å². The summed E-state index contributed by atoms with van der Waals surface area (Å²) in [6.07, 6.45) is 0. The van der Waals surface area contributed by atoms with Crippen molar-refractivity contribution in [2.45, 2.75) is 11.8 Å². The number of hydrogen-bond donors (Lipinski definition) is 3. The Balaban J connectivity index is 0.00000280. The number of carbonyl (C=O) groups excluding carboxylic acids is 1. The highest BCUT2D eigenvalue weighted by Crippen LogP contribution is 2.22. The van der Waals surface area contributed by atoms with E-state index in [0.29, 0.717) is 17.7 Å². The molecule has 0 bridgehead atoms. The summed E-state index contributed by atoms with van der Waals surface area (Å²) in [4.78, 5) is 11.8. The van der Waals surface area contributed by atoms with Gasteiger partial charge in [-0.2, -0.15) is 0 Å². The van der Waals surface area contributed by atoms with E-state index in [0.717, 1.165) is 25.2 Å². The molecule has 0 radical (unpaired) electrons. The number of rotatable bonds is 6. The lowest BCUT2D eigenvalue weighted by Gasteiger charge is -2.31. The van der Waals surface area contributed by atoms with Gasteiger partial charge in [0.05, 0.1) is 4.90 Å². The van der Waals surface area contributed by atoms with E-state index >= 15 is 0 Å². The van der Waals surface area contributed by atoms with Crippen LogP contribution in [0.4, 0.5) is 20.2 Å². The topological polar surface area (TPSA) is 87.3 Å². The largest absolute Gasteiger partial charge is 0.326 e. The van der Waals surface area contributed by atoms with Crippen molar-refractivity contribution in [2.24, 2.45) is 11.8 Å². The van der Waals surface area contributed by atoms with Gasteiger partial charge in [0, 0.05) is 17.3 Å². The minimum Gasteiger partial charge on any atom is -0.326 e. The Morgan fingerprint density at radius 2 is 1.68 bits per heavy atom. The maximum Gasteiger partial charge on any atom is 0.261 e. The number of anilines is 2. The molecule has 1 unspecified atom stereocenters. The van der Waals surface area contributed by atoms with E-state index in [2.05, 4.69) is 15.4 Å². The van der Waals surface area contributed by atoms with Crippen molar-refractivity contribution in [1.82, 2.24) is 5.32 Å². The van der Waals surface area contributed by atoms with E-state index in [9.17, 15) is 22.0 Å². The van der Waals surface area contributed by atoms with Crippen LogP contribution in [0.5, 0.6) is 0 Å². The SMILES string of the molecule is CC(C(=O)Nc1ccc(NS(=O)(=O)c2ccc(F)c(F)c2)cc1)C1CNC1.Cl. The van der Waals surface area contributed by atoms with Crippen LogP contribution in [0.2, 0.25) is 0 Å². The summed E-state index contributed by atoms with van der Waals surface area (Å²) in [6, 6.07) is 8.42. The molecule has 1 aliphatic heterocycles. The molecule has 1 heterocycles. The van der Waals surface area contributed by atoms with Gasteiger partial charge in [-0.25, -0.2) is 17.2 Å². The molecule has 10 heteroatoms. The van der Waals surface area contributed by atoms with Gasteiger partial charge in [0.1, 0.15) is 0 Å². The van der Waals surface area contributed by atoms with Gasteiger partial charge in [-0.3, -0.25) is 9.52 Å². The van der Waals surface area contributed by atoms with Crippen LogP contribution < -0.4 is 15.4 Å². The Labute approximate surface area is 168 Å². The molecule has 152 valence electrons. The molecule has 1 amide bonds. The Hall–Kier alpha value is -2.23. The lowest BCUT2D eigenvalue weighted by molar-refractivity contribution is -0.121. The fourth-order valence-corrected chi connectivity index (χ4v) is 3.68. The standard InChI is InChI=1S/C18H19F2N3O3S.ClH/c1-11(12-9-21-10-12)18(24)22-13-2-4-14(5-3-13)23-27(25,26)15-6-7-16(19)17(20)8-15;/h2-8,11-12,21,23H,9-10H2,1H3,(H,22,24);1H. The van der Waals surface area contributed by atoms with Crippen molar-refractivity contribution in [2.75, 3.05) is 23.1 Å². The van der Waals surface area contributed by atoms with E-state index in [1.807, 2.05) is 6.92 Å². The number of hydrogen-bond acceptors (Lipinski definition) is 4. The smallest absolute Gasteiger partial charge is 0.261 e. The molecule has 0 saturated carbocycles. The molecule has 3 rings (SSSR count). The van der Waals surface area contributed by atoms with Gasteiger partial charge in [-0.05, 0) is 61.5 Å². The summed E-state index contributed by atoms with van der Waals surface area (Å²) in [5, 5.41) is 5.91. The zero-order valence-corrected chi connectivity index (χ0v) is 16.5. The van der Waals surface area contributed by atoms with Crippen LogP contribution in [0.1, 0.15) is 6.92 Å². The van der Waals surface area contributed by atoms with Crippen LogP contribution >= 0.6 is 12.4 Å². The lowest BCUT2D eigenvalue weighted by atomic mass is 9.88. The van der Waals surface area contributed by atoms with E-state index in [4.69, 9.17) is 0 Å². The molecule has 2 aromatic carbocycles. The normalized spacial score (nSPS) is 15.1. The van der Waals surface area contributed by atoms with Crippen LogP contribution in [0, 0.1) is 23.5 Å². The van der Waals surface area contributed by atoms with Crippen molar-refractivity contribution in [1.29, 1.82) is 0 Å². The number of nitrogens with one attached hydrogen (secondary N) is 3. The lowest BCUT2D eigenvalue weighted by Crippen LogP contribution is -2.48. The van der Waals surface area contributed by atoms with Crippen molar-refractivity contribution < 1.29 is 22.0 Å². The summed E-state index contributed by atoms with van der Waals surface area (Å²) in [6.45, 7) is 3.50. The highest BCUT2D eigenvalue weighted by Gasteiger charge is 2.28. The molecule has 1 atom stereocenters. The molecule has 1 saturated heterocycles. The average Bonchev–Trinajstić information content (AvgIpc) is 2.57. The second-order valence-corrected chi connectivity index (χ2v) is 8.14. The van der Waals surface area contributed by atoms with Gasteiger partial charge in [0.25, 0.3) is 10.0 Å². The van der Waals surface area contributed by atoms with Crippen LogP contribution in [0.25, 0.3) is 0 Å². The van der Waals surface area contributed by atoms with E-state index in [1.165, 1.54) is 12.1 Å². The quantitative estimate of drug-likeness (QED) is 0.656. The molecule has 0 aliphatic carbocycles. The number of benzene rings is 2. The average molecular weight is 432 g/mol. The summed E-state index contributed by atoms with van der Waals surface area (Å²) in [5.74, 6) is -2.28. The predicted octanol–water partition coefficient (Wildman–Crippen LogP) is 2.98. The first kappa shape index (κ1) is 22.1. The third-order valence-corrected chi connectivity index (χ3v) is 5.92. The first-order valence-corrected chi connectivity index (χ1v) is 9.84. The summed E-state index contributed by atoms with van der Waals surface area (Å²) < 4.78 is 53.0. The molecule has 1 fully saturated rings. The highest BCUT2D eigenvalue weighted by molar-refractivity contribution is 7.92. The van der Waals surface area contributed by atoms with Crippen molar-refractivity contribution in [3.05, 3.63) is 54.1 Å². The zero-order valence-electron chi connectivity index (χ0n) is 14.9. The van der Waals surface area contributed by atoms with Gasteiger partial charge in [-0.1, -0.05) is 6.92 Å². The van der Waals surface area contributed by atoms with Crippen molar-refractivity contribution in [3.63, 3.8) is 0 Å². The maximum absolute atomic E-state index is 13.3. The van der Waals surface area contributed by atoms with Crippen molar-refractivity contribution in [3.8, 4) is 0 Å². The summed E-state index contributed by atoms with van der Waals surface area (Å²) in [5.41, 5.74) is 0.767. The van der Waals surface area contributed by atoms with Crippen LogP contribution in [0.15, 0.2) is 47.4 Å². The summed E-state index contributed by atoms with van der Waals surface area (Å²) in [7, 11) is -4.06. The van der Waals surface area contributed by atoms with Crippen LogP contribution in [-0.2, 0) is 14.8 Å². The second-order valence-electron chi connectivity index (χ2n) is 6.46. The number of sulfonamides is 1. The zero-order chi connectivity index (χ0) is 19.6.